The van der Waals surface area contributed by atoms with Crippen LogP contribution in [-0.4, -0.2) is 22.8 Å². The van der Waals surface area contributed by atoms with Crippen LogP contribution in [0.3, 0.4) is 0 Å². The molecule has 0 unspecified atom stereocenters. The molecule has 0 aliphatic rings. The molecule has 0 aliphatic heterocycles. The van der Waals surface area contributed by atoms with Crippen LogP contribution < -0.4 is 5.32 Å². The molecular formula is C24H31NS2. The number of thiocarbonyl (C=S) groups is 2. The summed E-state index contributed by atoms with van der Waals surface area (Å²) in [6, 6.07) is 17.4. The number of nitrogens with one attached hydrogen (secondary N) is 1. The number of rotatable bonds is 12. The molecule has 3 heteroatoms. The molecule has 2 rings (SSSR count). The van der Waals surface area contributed by atoms with Gasteiger partial charge in [-0.25, -0.2) is 0 Å². The van der Waals surface area contributed by atoms with E-state index in [1.807, 2.05) is 0 Å². The summed E-state index contributed by atoms with van der Waals surface area (Å²) in [6.07, 6.45) is 6.41. The van der Waals surface area contributed by atoms with Crippen LogP contribution in [0, 0.1) is 0 Å². The molecular weight excluding hydrogens is 366 g/mol. The van der Waals surface area contributed by atoms with E-state index in [2.05, 4.69) is 67.7 Å². The topological polar surface area (TPSA) is 12.0 Å². The maximum atomic E-state index is 5.57. The average molecular weight is 398 g/mol. The molecule has 1 N–H and O–H groups in total. The van der Waals surface area contributed by atoms with Crippen molar-refractivity contribution in [2.75, 3.05) is 13.1 Å². The van der Waals surface area contributed by atoms with Crippen molar-refractivity contribution in [2.45, 2.75) is 52.4 Å². The first-order chi connectivity index (χ1) is 13.1. The zero-order chi connectivity index (χ0) is 19.5. The molecule has 2 aromatic carbocycles. The molecule has 0 heterocycles. The van der Waals surface area contributed by atoms with Gasteiger partial charge in [-0.15, -0.1) is 0 Å². The van der Waals surface area contributed by atoms with Crippen molar-refractivity contribution in [2.24, 2.45) is 0 Å². The van der Waals surface area contributed by atoms with Crippen LogP contribution >= 0.6 is 24.4 Å². The van der Waals surface area contributed by atoms with E-state index >= 15 is 0 Å². The molecule has 0 aliphatic carbocycles. The summed E-state index contributed by atoms with van der Waals surface area (Å²) in [5.41, 5.74) is 5.13. The third kappa shape index (κ3) is 7.61. The van der Waals surface area contributed by atoms with E-state index in [0.29, 0.717) is 0 Å². The van der Waals surface area contributed by atoms with Gasteiger partial charge < -0.3 is 5.32 Å². The molecule has 1 nitrogen and oxygen atoms in total. The van der Waals surface area contributed by atoms with Crippen molar-refractivity contribution >= 4 is 34.2 Å². The highest BCUT2D eigenvalue weighted by molar-refractivity contribution is 7.81. The van der Waals surface area contributed by atoms with Gasteiger partial charge in [0.2, 0.25) is 0 Å². The molecule has 0 aromatic heterocycles. The van der Waals surface area contributed by atoms with Crippen molar-refractivity contribution in [3.8, 4) is 0 Å². The van der Waals surface area contributed by atoms with Gasteiger partial charge in [0.15, 0.2) is 0 Å². The van der Waals surface area contributed by atoms with Gasteiger partial charge in [0, 0.05) is 22.8 Å². The standard InChI is InChI=1S/C24H31NS2/c1-3-5-19-7-11-21(12-8-19)23(26)15-17-25-18-16-24(27)22-13-9-20(6-4-2)10-14-22/h7-14,25H,3-6,15-18H2,1-2H3. The van der Waals surface area contributed by atoms with Gasteiger partial charge in [-0.3, -0.25) is 0 Å². The summed E-state index contributed by atoms with van der Waals surface area (Å²) in [6.45, 7) is 6.20. The van der Waals surface area contributed by atoms with Crippen LogP contribution in [0.15, 0.2) is 48.5 Å². The first kappa shape index (κ1) is 21.9. The molecule has 2 aromatic rings. The molecule has 0 spiro atoms. The largest absolute Gasteiger partial charge is 0.316 e. The summed E-state index contributed by atoms with van der Waals surface area (Å²) < 4.78 is 0. The fraction of sp³-hybridized carbons (Fsp3) is 0.417. The number of benzene rings is 2. The van der Waals surface area contributed by atoms with Crippen LogP contribution in [0.5, 0.6) is 0 Å². The fourth-order valence-electron chi connectivity index (χ4n) is 3.11. The monoisotopic (exact) mass is 397 g/mol. The highest BCUT2D eigenvalue weighted by Crippen LogP contribution is 2.11. The predicted octanol–water partition coefficient (Wildman–Crippen LogP) is 6.10. The minimum absolute atomic E-state index is 0.890. The molecule has 0 bridgehead atoms. The maximum Gasteiger partial charge on any atom is 0.0237 e. The van der Waals surface area contributed by atoms with E-state index in [9.17, 15) is 0 Å². The van der Waals surface area contributed by atoms with Crippen LogP contribution in [0.4, 0.5) is 0 Å². The summed E-state index contributed by atoms with van der Waals surface area (Å²) in [7, 11) is 0. The predicted molar refractivity (Wildman–Crippen MR) is 126 cm³/mol. The maximum absolute atomic E-state index is 5.57. The molecule has 0 radical (unpaired) electrons. The van der Waals surface area contributed by atoms with Crippen molar-refractivity contribution < 1.29 is 0 Å². The van der Waals surface area contributed by atoms with Gasteiger partial charge in [0.1, 0.15) is 0 Å². The van der Waals surface area contributed by atoms with E-state index in [4.69, 9.17) is 24.4 Å². The zero-order valence-electron chi connectivity index (χ0n) is 16.6. The Morgan fingerprint density at radius 1 is 0.667 bits per heavy atom. The van der Waals surface area contributed by atoms with Gasteiger partial charge in [-0.2, -0.15) is 0 Å². The van der Waals surface area contributed by atoms with E-state index in [1.54, 1.807) is 0 Å². The van der Waals surface area contributed by atoms with Gasteiger partial charge in [-0.05, 0) is 47.9 Å². The first-order valence-electron chi connectivity index (χ1n) is 10.1. The number of hydrogen-bond acceptors (Lipinski definition) is 3. The molecule has 0 amide bonds. The quantitative estimate of drug-likeness (QED) is 0.264. The average Bonchev–Trinajstić information content (AvgIpc) is 2.69. The minimum Gasteiger partial charge on any atom is -0.316 e. The molecule has 0 atom stereocenters. The number of hydrogen-bond donors (Lipinski definition) is 1. The Morgan fingerprint density at radius 3 is 1.37 bits per heavy atom. The third-order valence-electron chi connectivity index (χ3n) is 4.69. The minimum atomic E-state index is 0.890. The molecule has 0 saturated carbocycles. The normalized spacial score (nSPS) is 10.7. The number of aryl methyl sites for hydroxylation is 2. The highest BCUT2D eigenvalue weighted by atomic mass is 32.1. The second kappa shape index (κ2) is 12.1. The van der Waals surface area contributed by atoms with Crippen molar-refractivity contribution in [3.05, 3.63) is 70.8 Å². The van der Waals surface area contributed by atoms with Crippen LogP contribution in [0.2, 0.25) is 0 Å². The smallest absolute Gasteiger partial charge is 0.0237 e. The van der Waals surface area contributed by atoms with Crippen molar-refractivity contribution in [3.63, 3.8) is 0 Å². The van der Waals surface area contributed by atoms with Crippen molar-refractivity contribution in [1.29, 1.82) is 0 Å². The van der Waals surface area contributed by atoms with Gasteiger partial charge in [-0.1, -0.05) is 99.7 Å². The molecule has 27 heavy (non-hydrogen) atoms. The lowest BCUT2D eigenvalue weighted by Crippen LogP contribution is -2.21. The van der Waals surface area contributed by atoms with E-state index in [0.717, 1.165) is 48.5 Å². The molecule has 0 fully saturated rings. The van der Waals surface area contributed by atoms with E-state index in [1.165, 1.54) is 35.1 Å². The lowest BCUT2D eigenvalue weighted by Gasteiger charge is -2.09. The van der Waals surface area contributed by atoms with Gasteiger partial charge in [0.25, 0.3) is 0 Å². The highest BCUT2D eigenvalue weighted by Gasteiger charge is 2.04. The Hall–Kier alpha value is -1.42. The van der Waals surface area contributed by atoms with Gasteiger partial charge in [0.05, 0.1) is 0 Å². The third-order valence-corrected chi connectivity index (χ3v) is 5.57. The Balaban J connectivity index is 1.67. The Bertz CT molecular complexity index is 654. The lowest BCUT2D eigenvalue weighted by atomic mass is 10.0. The fourth-order valence-corrected chi connectivity index (χ4v) is 3.59. The first-order valence-corrected chi connectivity index (χ1v) is 10.9. The summed E-state index contributed by atoms with van der Waals surface area (Å²) in [5, 5.41) is 3.48. The Labute approximate surface area is 175 Å². The summed E-state index contributed by atoms with van der Waals surface area (Å²) >= 11 is 11.1. The summed E-state index contributed by atoms with van der Waals surface area (Å²) in [4.78, 5) is 2.05. The second-order valence-corrected chi connectivity index (χ2v) is 7.98. The van der Waals surface area contributed by atoms with E-state index in [-0.39, 0.29) is 0 Å². The van der Waals surface area contributed by atoms with Gasteiger partial charge >= 0.3 is 0 Å². The Morgan fingerprint density at radius 2 is 1.04 bits per heavy atom. The molecule has 0 saturated heterocycles. The Kier molecular flexibility index (Phi) is 9.82. The SMILES string of the molecule is CCCc1ccc(C(=S)CCNCCC(=S)c2ccc(CCC)cc2)cc1. The lowest BCUT2D eigenvalue weighted by molar-refractivity contribution is 0.720. The second-order valence-electron chi connectivity index (χ2n) is 6.99. The summed E-state index contributed by atoms with van der Waals surface area (Å²) in [5.74, 6) is 0. The zero-order valence-corrected chi connectivity index (χ0v) is 18.2. The van der Waals surface area contributed by atoms with Crippen LogP contribution in [0.25, 0.3) is 0 Å². The molecule has 144 valence electrons. The van der Waals surface area contributed by atoms with Crippen LogP contribution in [0.1, 0.15) is 61.8 Å². The van der Waals surface area contributed by atoms with Crippen LogP contribution in [-0.2, 0) is 12.8 Å². The van der Waals surface area contributed by atoms with E-state index < -0.39 is 0 Å². The van der Waals surface area contributed by atoms with Crippen molar-refractivity contribution in [1.82, 2.24) is 5.32 Å².